The molecule has 0 N–H and O–H groups in total. The van der Waals surface area contributed by atoms with E-state index in [9.17, 15) is 22.4 Å². The third kappa shape index (κ3) is 5.15. The molecule has 0 bridgehead atoms. The van der Waals surface area contributed by atoms with E-state index >= 15 is 0 Å². The quantitative estimate of drug-likeness (QED) is 0.648. The zero-order chi connectivity index (χ0) is 24.3. The Morgan fingerprint density at radius 3 is 1.97 bits per heavy atom. The van der Waals surface area contributed by atoms with E-state index in [0.29, 0.717) is 31.7 Å². The predicted molar refractivity (Wildman–Crippen MR) is 126 cm³/mol. The molecule has 2 aliphatic rings. The first-order valence-electron chi connectivity index (χ1n) is 11.7. The topological polar surface area (TPSA) is 78.0 Å². The van der Waals surface area contributed by atoms with Gasteiger partial charge in [0.2, 0.25) is 10.0 Å². The SMILES string of the molecule is CN(C1CCCCC1)S(=O)(=O)c1ccc(C(=O)N2CCN(C(=O)c3cccc(F)c3)CC2)cc1. The fraction of sp³-hybridized carbons (Fsp3) is 0.440. The molecule has 7 nitrogen and oxygen atoms in total. The van der Waals surface area contributed by atoms with Gasteiger partial charge in [-0.3, -0.25) is 9.59 Å². The van der Waals surface area contributed by atoms with Crippen LogP contribution in [-0.2, 0) is 10.0 Å². The minimum atomic E-state index is -3.61. The van der Waals surface area contributed by atoms with Gasteiger partial charge < -0.3 is 9.80 Å². The summed E-state index contributed by atoms with van der Waals surface area (Å²) >= 11 is 0. The highest BCUT2D eigenvalue weighted by atomic mass is 32.2. The number of sulfonamides is 1. The third-order valence-corrected chi connectivity index (χ3v) is 8.72. The van der Waals surface area contributed by atoms with Crippen LogP contribution in [0.25, 0.3) is 0 Å². The number of carbonyl (C=O) groups excluding carboxylic acids is 2. The summed E-state index contributed by atoms with van der Waals surface area (Å²) in [5, 5.41) is 0. The van der Waals surface area contributed by atoms with Crippen molar-refractivity contribution in [2.75, 3.05) is 33.2 Å². The van der Waals surface area contributed by atoms with Gasteiger partial charge in [0.1, 0.15) is 5.82 Å². The number of piperazine rings is 1. The van der Waals surface area contributed by atoms with Gasteiger partial charge in [0.25, 0.3) is 11.8 Å². The summed E-state index contributed by atoms with van der Waals surface area (Å²) in [6, 6.07) is 11.7. The molecule has 9 heteroatoms. The molecule has 1 saturated heterocycles. The van der Waals surface area contributed by atoms with Gasteiger partial charge in [0.05, 0.1) is 4.90 Å². The first kappa shape index (κ1) is 24.3. The summed E-state index contributed by atoms with van der Waals surface area (Å²) < 4.78 is 40.9. The smallest absolute Gasteiger partial charge is 0.254 e. The summed E-state index contributed by atoms with van der Waals surface area (Å²) in [6.45, 7) is 1.40. The Morgan fingerprint density at radius 1 is 0.853 bits per heavy atom. The van der Waals surface area contributed by atoms with Gasteiger partial charge in [-0.25, -0.2) is 12.8 Å². The normalized spacial score (nSPS) is 17.7. The standard InChI is InChI=1S/C25H30FN3O4S/c1-27(22-8-3-2-4-9-22)34(32,33)23-12-10-19(11-13-23)24(30)28-14-16-29(17-15-28)25(31)20-6-5-7-21(26)18-20/h5-7,10-13,18,22H,2-4,8-9,14-17H2,1H3. The third-order valence-electron chi connectivity index (χ3n) is 6.79. The second-order valence-corrected chi connectivity index (χ2v) is 10.9. The monoisotopic (exact) mass is 487 g/mol. The van der Waals surface area contributed by atoms with E-state index in [2.05, 4.69) is 0 Å². The van der Waals surface area contributed by atoms with Gasteiger partial charge in [-0.05, 0) is 55.3 Å². The van der Waals surface area contributed by atoms with Crippen LogP contribution in [0.3, 0.4) is 0 Å². The molecule has 2 amide bonds. The first-order chi connectivity index (χ1) is 16.3. The number of nitrogens with zero attached hydrogens (tertiary/aromatic N) is 3. The number of rotatable bonds is 5. The van der Waals surface area contributed by atoms with Crippen molar-refractivity contribution in [3.05, 3.63) is 65.5 Å². The molecular weight excluding hydrogens is 457 g/mol. The second kappa shape index (κ2) is 10.2. The number of benzene rings is 2. The van der Waals surface area contributed by atoms with Gasteiger partial charge in [-0.1, -0.05) is 25.3 Å². The lowest BCUT2D eigenvalue weighted by Crippen LogP contribution is -2.50. The van der Waals surface area contributed by atoms with Crippen LogP contribution in [0.15, 0.2) is 53.4 Å². The number of hydrogen-bond donors (Lipinski definition) is 0. The molecule has 0 radical (unpaired) electrons. The maximum atomic E-state index is 13.4. The van der Waals surface area contributed by atoms with Crippen LogP contribution >= 0.6 is 0 Å². The van der Waals surface area contributed by atoms with Crippen molar-refractivity contribution < 1.29 is 22.4 Å². The Kier molecular flexibility index (Phi) is 7.33. The predicted octanol–water partition coefficient (Wildman–Crippen LogP) is 3.38. The van der Waals surface area contributed by atoms with Gasteiger partial charge in [0.15, 0.2) is 0 Å². The van der Waals surface area contributed by atoms with Crippen LogP contribution in [-0.4, -0.2) is 73.6 Å². The maximum absolute atomic E-state index is 13.4. The number of carbonyl (C=O) groups is 2. The summed E-state index contributed by atoms with van der Waals surface area (Å²) in [5.41, 5.74) is 0.693. The Labute approximate surface area is 200 Å². The summed E-state index contributed by atoms with van der Waals surface area (Å²) in [7, 11) is -1.98. The van der Waals surface area contributed by atoms with Gasteiger partial charge in [0, 0.05) is 50.4 Å². The number of halogens is 1. The van der Waals surface area contributed by atoms with Crippen LogP contribution in [0, 0.1) is 5.82 Å². The van der Waals surface area contributed by atoms with Gasteiger partial charge in [-0.2, -0.15) is 4.31 Å². The Bertz CT molecular complexity index is 1140. The molecule has 182 valence electrons. The summed E-state index contributed by atoms with van der Waals surface area (Å²) in [6.07, 6.45) is 4.98. The van der Waals surface area contributed by atoms with Crippen LogP contribution in [0.4, 0.5) is 4.39 Å². The molecule has 1 aliphatic heterocycles. The molecule has 0 unspecified atom stereocenters. The lowest BCUT2D eigenvalue weighted by Gasteiger charge is -2.35. The molecule has 4 rings (SSSR count). The van der Waals surface area contributed by atoms with Crippen LogP contribution < -0.4 is 0 Å². The zero-order valence-corrected chi connectivity index (χ0v) is 20.1. The number of hydrogen-bond acceptors (Lipinski definition) is 4. The highest BCUT2D eigenvalue weighted by molar-refractivity contribution is 7.89. The van der Waals surface area contributed by atoms with Crippen molar-refractivity contribution in [1.82, 2.24) is 14.1 Å². The molecule has 2 aromatic carbocycles. The van der Waals surface area contributed by atoms with E-state index in [1.807, 2.05) is 0 Å². The summed E-state index contributed by atoms with van der Waals surface area (Å²) in [5.74, 6) is -0.930. The van der Waals surface area contributed by atoms with Crippen LogP contribution in [0.1, 0.15) is 52.8 Å². The Hall–Kier alpha value is -2.78. The molecule has 1 saturated carbocycles. The average molecular weight is 488 g/mol. The minimum Gasteiger partial charge on any atom is -0.335 e. The maximum Gasteiger partial charge on any atom is 0.254 e. The first-order valence-corrected chi connectivity index (χ1v) is 13.1. The van der Waals surface area contributed by atoms with Crippen molar-refractivity contribution in [2.24, 2.45) is 0 Å². The van der Waals surface area contributed by atoms with E-state index in [1.54, 1.807) is 35.0 Å². The van der Waals surface area contributed by atoms with Crippen molar-refractivity contribution in [2.45, 2.75) is 43.0 Å². The van der Waals surface area contributed by atoms with Crippen molar-refractivity contribution in [3.63, 3.8) is 0 Å². The van der Waals surface area contributed by atoms with Gasteiger partial charge >= 0.3 is 0 Å². The van der Waals surface area contributed by atoms with Crippen molar-refractivity contribution >= 4 is 21.8 Å². The lowest BCUT2D eigenvalue weighted by molar-refractivity contribution is 0.0535. The highest BCUT2D eigenvalue weighted by Gasteiger charge is 2.30. The van der Waals surface area contributed by atoms with Crippen molar-refractivity contribution in [3.8, 4) is 0 Å². The molecule has 2 fully saturated rings. The largest absolute Gasteiger partial charge is 0.335 e. The molecule has 1 heterocycles. The molecule has 2 aromatic rings. The van der Waals surface area contributed by atoms with E-state index in [-0.39, 0.29) is 28.3 Å². The van der Waals surface area contributed by atoms with E-state index in [0.717, 1.165) is 32.1 Å². The van der Waals surface area contributed by atoms with Crippen molar-refractivity contribution in [1.29, 1.82) is 0 Å². The molecule has 34 heavy (non-hydrogen) atoms. The lowest BCUT2D eigenvalue weighted by atomic mass is 9.96. The van der Waals surface area contributed by atoms with Crippen LogP contribution in [0.2, 0.25) is 0 Å². The van der Waals surface area contributed by atoms with E-state index in [1.165, 1.54) is 34.6 Å². The molecule has 0 atom stereocenters. The zero-order valence-electron chi connectivity index (χ0n) is 19.3. The molecule has 1 aliphatic carbocycles. The van der Waals surface area contributed by atoms with E-state index < -0.39 is 15.8 Å². The highest BCUT2D eigenvalue weighted by Crippen LogP contribution is 2.26. The fourth-order valence-electron chi connectivity index (χ4n) is 4.68. The average Bonchev–Trinajstić information content (AvgIpc) is 2.88. The Balaban J connectivity index is 1.37. The van der Waals surface area contributed by atoms with E-state index in [4.69, 9.17) is 0 Å². The molecular formula is C25H30FN3O4S. The molecule has 0 spiro atoms. The Morgan fingerprint density at radius 2 is 1.41 bits per heavy atom. The fourth-order valence-corrected chi connectivity index (χ4v) is 6.09. The summed E-state index contributed by atoms with van der Waals surface area (Å²) in [4.78, 5) is 29.0. The minimum absolute atomic E-state index is 0.0199. The second-order valence-electron chi connectivity index (χ2n) is 8.93. The number of amides is 2. The van der Waals surface area contributed by atoms with Crippen LogP contribution in [0.5, 0.6) is 0 Å². The van der Waals surface area contributed by atoms with Gasteiger partial charge in [-0.15, -0.1) is 0 Å². The molecule has 0 aromatic heterocycles.